The maximum atomic E-state index is 13.3. The molecule has 1 amide bonds. The molecule has 0 spiro atoms. The minimum atomic E-state index is -0.629. The third-order valence-corrected chi connectivity index (χ3v) is 4.29. The number of carbonyl (C=O) groups is 1. The van der Waals surface area contributed by atoms with Crippen molar-refractivity contribution >= 4 is 11.9 Å². The highest BCUT2D eigenvalue weighted by Gasteiger charge is 2.19. The summed E-state index contributed by atoms with van der Waals surface area (Å²) in [6, 6.07) is 14.8. The molecular weight excluding hydrogens is 359 g/mol. The first-order chi connectivity index (χ1) is 13.6. The largest absolute Gasteiger partial charge is 0.329 e. The van der Waals surface area contributed by atoms with Crippen LogP contribution in [-0.4, -0.2) is 26.1 Å². The van der Waals surface area contributed by atoms with Crippen molar-refractivity contribution < 1.29 is 14.4 Å². The number of aromatic nitrogens is 3. The highest BCUT2D eigenvalue weighted by Crippen LogP contribution is 2.33. The Bertz CT molecular complexity index is 1100. The van der Waals surface area contributed by atoms with Crippen LogP contribution < -0.4 is 5.06 Å². The number of imidazole rings is 1. The molecule has 28 heavy (non-hydrogen) atoms. The molecule has 0 unspecified atom stereocenters. The van der Waals surface area contributed by atoms with Gasteiger partial charge in [0.1, 0.15) is 5.82 Å². The summed E-state index contributed by atoms with van der Waals surface area (Å²) in [7, 11) is 0. The Morgan fingerprint density at radius 3 is 2.32 bits per heavy atom. The molecule has 0 saturated heterocycles. The maximum absolute atomic E-state index is 13.3. The van der Waals surface area contributed by atoms with E-state index in [2.05, 4.69) is 15.0 Å². The lowest BCUT2D eigenvalue weighted by Crippen LogP contribution is -2.28. The van der Waals surface area contributed by atoms with Crippen molar-refractivity contribution in [1.29, 1.82) is 0 Å². The number of benzene rings is 2. The summed E-state index contributed by atoms with van der Waals surface area (Å²) in [5.74, 6) is -0.927. The van der Waals surface area contributed by atoms with Crippen LogP contribution in [0.15, 0.2) is 79.4 Å². The lowest BCUT2D eigenvalue weighted by Gasteiger charge is -2.15. The number of hydroxylamine groups is 1. The molecule has 2 N–H and O–H groups in total. The van der Waals surface area contributed by atoms with Crippen molar-refractivity contribution in [2.45, 2.75) is 0 Å². The molecule has 6 nitrogen and oxygen atoms in total. The zero-order valence-electron chi connectivity index (χ0n) is 14.6. The molecular formula is C21H15FN4O2. The summed E-state index contributed by atoms with van der Waals surface area (Å²) in [5.41, 5.74) is 3.50. The van der Waals surface area contributed by atoms with Crippen LogP contribution in [0.2, 0.25) is 0 Å². The lowest BCUT2D eigenvalue weighted by atomic mass is 9.93. The molecule has 2 aromatic carbocycles. The number of halogens is 1. The average Bonchev–Trinajstić information content (AvgIpc) is 3.28. The first kappa shape index (κ1) is 17.6. The fourth-order valence-electron chi connectivity index (χ4n) is 2.92. The van der Waals surface area contributed by atoms with Gasteiger partial charge >= 0.3 is 0 Å². The van der Waals surface area contributed by atoms with Crippen molar-refractivity contribution in [2.75, 3.05) is 5.06 Å². The molecule has 4 aromatic rings. The van der Waals surface area contributed by atoms with Crippen LogP contribution in [-0.2, 0) is 0 Å². The number of nitrogens with zero attached hydrogens (tertiary/aromatic N) is 3. The van der Waals surface area contributed by atoms with Crippen LogP contribution >= 0.6 is 0 Å². The third-order valence-electron chi connectivity index (χ3n) is 4.29. The van der Waals surface area contributed by atoms with E-state index in [0.717, 1.165) is 22.3 Å². The predicted octanol–water partition coefficient (Wildman–Crippen LogP) is 4.31. The molecule has 2 heterocycles. The van der Waals surface area contributed by atoms with E-state index in [-0.39, 0.29) is 17.3 Å². The fourth-order valence-corrected chi connectivity index (χ4v) is 2.92. The van der Waals surface area contributed by atoms with E-state index < -0.39 is 5.91 Å². The van der Waals surface area contributed by atoms with Gasteiger partial charge in [-0.1, -0.05) is 18.2 Å². The molecule has 0 saturated carbocycles. The van der Waals surface area contributed by atoms with Gasteiger partial charge in [-0.25, -0.2) is 9.37 Å². The standard InChI is InChI=1S/C21H15FN4O2/c22-17-4-1-14(2-5-17)18-6-3-16(13-19(18)15-7-9-23-10-8-15)20(27)26(28)21-24-11-12-25-21/h1-13,28H,(H,24,25). The highest BCUT2D eigenvalue weighted by atomic mass is 19.1. The molecule has 0 bridgehead atoms. The minimum Gasteiger partial charge on any atom is -0.329 e. The number of H-pyrrole nitrogens is 1. The van der Waals surface area contributed by atoms with E-state index in [4.69, 9.17) is 0 Å². The predicted molar refractivity (Wildman–Crippen MR) is 102 cm³/mol. The number of carbonyl (C=O) groups excluding carboxylic acids is 1. The molecule has 0 radical (unpaired) electrons. The van der Waals surface area contributed by atoms with Crippen LogP contribution in [0.25, 0.3) is 22.3 Å². The van der Waals surface area contributed by atoms with Crippen LogP contribution in [0, 0.1) is 5.82 Å². The van der Waals surface area contributed by atoms with Gasteiger partial charge < -0.3 is 4.98 Å². The highest BCUT2D eigenvalue weighted by molar-refractivity contribution is 6.05. The Kier molecular flexibility index (Phi) is 4.65. The molecule has 0 aliphatic rings. The molecule has 0 atom stereocenters. The number of aromatic amines is 1. The van der Waals surface area contributed by atoms with Crippen molar-refractivity contribution in [3.05, 3.63) is 90.8 Å². The van der Waals surface area contributed by atoms with Gasteiger partial charge in [0.2, 0.25) is 5.95 Å². The van der Waals surface area contributed by atoms with Gasteiger partial charge in [-0.05, 0) is 58.7 Å². The third kappa shape index (κ3) is 3.38. The number of amides is 1. The zero-order valence-corrected chi connectivity index (χ0v) is 14.6. The monoisotopic (exact) mass is 374 g/mol. The maximum Gasteiger partial charge on any atom is 0.284 e. The molecule has 4 rings (SSSR count). The van der Waals surface area contributed by atoms with Crippen LogP contribution in [0.3, 0.4) is 0 Å². The first-order valence-electron chi connectivity index (χ1n) is 8.46. The molecule has 2 aromatic heterocycles. The Morgan fingerprint density at radius 2 is 1.64 bits per heavy atom. The summed E-state index contributed by atoms with van der Waals surface area (Å²) in [6.07, 6.45) is 6.25. The molecule has 0 aliphatic carbocycles. The quantitative estimate of drug-likeness (QED) is 0.412. The molecule has 0 aliphatic heterocycles. The second-order valence-electron chi connectivity index (χ2n) is 6.03. The Morgan fingerprint density at radius 1 is 0.929 bits per heavy atom. The van der Waals surface area contributed by atoms with Gasteiger partial charge in [0.05, 0.1) is 0 Å². The van der Waals surface area contributed by atoms with Crippen LogP contribution in [0.1, 0.15) is 10.4 Å². The van der Waals surface area contributed by atoms with E-state index in [1.165, 1.54) is 24.5 Å². The molecule has 7 heteroatoms. The van der Waals surface area contributed by atoms with Crippen LogP contribution in [0.5, 0.6) is 0 Å². The summed E-state index contributed by atoms with van der Waals surface area (Å²) in [5, 5.41) is 10.6. The Balaban J connectivity index is 1.81. The normalized spacial score (nSPS) is 10.6. The number of hydrogen-bond donors (Lipinski definition) is 2. The summed E-state index contributed by atoms with van der Waals surface area (Å²) in [6.45, 7) is 0. The van der Waals surface area contributed by atoms with Crippen LogP contribution in [0.4, 0.5) is 10.3 Å². The summed E-state index contributed by atoms with van der Waals surface area (Å²) >= 11 is 0. The molecule has 138 valence electrons. The first-order valence-corrected chi connectivity index (χ1v) is 8.46. The summed E-state index contributed by atoms with van der Waals surface area (Å²) in [4.78, 5) is 23.2. The van der Waals surface area contributed by atoms with Crippen molar-refractivity contribution in [3.8, 4) is 22.3 Å². The van der Waals surface area contributed by atoms with E-state index in [9.17, 15) is 14.4 Å². The van der Waals surface area contributed by atoms with Gasteiger partial charge in [0.15, 0.2) is 0 Å². The van der Waals surface area contributed by atoms with Crippen molar-refractivity contribution in [3.63, 3.8) is 0 Å². The van der Waals surface area contributed by atoms with Gasteiger partial charge in [-0.15, -0.1) is 0 Å². The fraction of sp³-hybridized carbons (Fsp3) is 0. The van der Waals surface area contributed by atoms with Gasteiger partial charge in [0.25, 0.3) is 5.91 Å². The van der Waals surface area contributed by atoms with Crippen molar-refractivity contribution in [1.82, 2.24) is 15.0 Å². The Hall–Kier alpha value is -3.84. The SMILES string of the molecule is O=C(c1ccc(-c2ccc(F)cc2)c(-c2ccncc2)c1)N(O)c1ncc[nH]1. The van der Waals surface area contributed by atoms with Gasteiger partial charge in [0, 0.05) is 30.4 Å². The average molecular weight is 374 g/mol. The molecule has 0 fully saturated rings. The number of rotatable bonds is 4. The summed E-state index contributed by atoms with van der Waals surface area (Å²) < 4.78 is 13.3. The second-order valence-corrected chi connectivity index (χ2v) is 6.03. The van der Waals surface area contributed by atoms with E-state index in [0.29, 0.717) is 5.06 Å². The Labute approximate surface area is 159 Å². The van der Waals surface area contributed by atoms with Gasteiger partial charge in [-0.3, -0.25) is 15.0 Å². The van der Waals surface area contributed by atoms with E-state index >= 15 is 0 Å². The second kappa shape index (κ2) is 7.42. The van der Waals surface area contributed by atoms with Gasteiger partial charge in [-0.2, -0.15) is 5.06 Å². The number of hydrogen-bond acceptors (Lipinski definition) is 4. The lowest BCUT2D eigenvalue weighted by molar-refractivity contribution is 0.0849. The van der Waals surface area contributed by atoms with E-state index in [1.54, 1.807) is 42.7 Å². The van der Waals surface area contributed by atoms with E-state index in [1.807, 2.05) is 12.1 Å². The zero-order chi connectivity index (χ0) is 19.5. The number of nitrogens with one attached hydrogen (secondary N) is 1. The van der Waals surface area contributed by atoms with Crippen molar-refractivity contribution in [2.24, 2.45) is 0 Å². The minimum absolute atomic E-state index is 0.0260. The topological polar surface area (TPSA) is 82.1 Å². The number of anilines is 1. The smallest absolute Gasteiger partial charge is 0.284 e. The number of pyridine rings is 1.